The molecule has 0 spiro atoms. The van der Waals surface area contributed by atoms with Gasteiger partial charge in [0.2, 0.25) is 0 Å². The molecule has 2 amide bonds. The summed E-state index contributed by atoms with van der Waals surface area (Å²) in [4.78, 5) is 23.8. The van der Waals surface area contributed by atoms with Crippen molar-refractivity contribution in [1.29, 1.82) is 0 Å². The zero-order valence-corrected chi connectivity index (χ0v) is 13.2. The lowest BCUT2D eigenvalue weighted by Gasteiger charge is -2.13. The third kappa shape index (κ3) is 5.14. The molecule has 0 bridgehead atoms. The highest BCUT2D eigenvalue weighted by Gasteiger charge is 2.16. The van der Waals surface area contributed by atoms with Gasteiger partial charge in [-0.25, -0.2) is 0 Å². The smallest absolute Gasteiger partial charge is 0.313 e. The van der Waals surface area contributed by atoms with E-state index < -0.39 is 11.8 Å². The molecule has 0 aliphatic carbocycles. The van der Waals surface area contributed by atoms with Gasteiger partial charge < -0.3 is 15.4 Å². The Morgan fingerprint density at radius 1 is 1.26 bits per heavy atom. The Bertz CT molecular complexity index is 638. The SMILES string of the molecule is CCOc1ccc(NC(=O)C(=O)N[C@H](C)Cn2cccn2)cc1. The van der Waals surface area contributed by atoms with Crippen LogP contribution in [0.3, 0.4) is 0 Å². The number of aromatic nitrogens is 2. The van der Waals surface area contributed by atoms with Crippen LogP contribution >= 0.6 is 0 Å². The van der Waals surface area contributed by atoms with Crippen LogP contribution in [-0.4, -0.2) is 34.2 Å². The van der Waals surface area contributed by atoms with Crippen molar-refractivity contribution in [2.75, 3.05) is 11.9 Å². The molecule has 0 radical (unpaired) electrons. The van der Waals surface area contributed by atoms with E-state index in [2.05, 4.69) is 15.7 Å². The first-order chi connectivity index (χ1) is 11.1. The van der Waals surface area contributed by atoms with Crippen LogP contribution in [0.15, 0.2) is 42.7 Å². The van der Waals surface area contributed by atoms with Gasteiger partial charge in [0.05, 0.1) is 13.2 Å². The lowest BCUT2D eigenvalue weighted by molar-refractivity contribution is -0.136. The number of ether oxygens (including phenoxy) is 1. The molecule has 122 valence electrons. The summed E-state index contributed by atoms with van der Waals surface area (Å²) in [6, 6.07) is 8.42. The van der Waals surface area contributed by atoms with Crippen LogP contribution in [0.25, 0.3) is 0 Å². The van der Waals surface area contributed by atoms with Crippen LogP contribution in [0.1, 0.15) is 13.8 Å². The summed E-state index contributed by atoms with van der Waals surface area (Å²) < 4.78 is 7.01. The summed E-state index contributed by atoms with van der Waals surface area (Å²) in [5, 5.41) is 9.23. The Morgan fingerprint density at radius 3 is 2.61 bits per heavy atom. The van der Waals surface area contributed by atoms with E-state index >= 15 is 0 Å². The molecule has 0 unspecified atom stereocenters. The topological polar surface area (TPSA) is 85.2 Å². The highest BCUT2D eigenvalue weighted by molar-refractivity contribution is 6.39. The van der Waals surface area contributed by atoms with E-state index in [9.17, 15) is 9.59 Å². The van der Waals surface area contributed by atoms with Gasteiger partial charge in [-0.05, 0) is 44.2 Å². The minimum Gasteiger partial charge on any atom is -0.494 e. The second kappa shape index (κ2) is 7.98. The number of carbonyl (C=O) groups excluding carboxylic acids is 2. The fraction of sp³-hybridized carbons (Fsp3) is 0.312. The summed E-state index contributed by atoms with van der Waals surface area (Å²) in [6.45, 7) is 4.77. The predicted octanol–water partition coefficient (Wildman–Crippen LogP) is 1.43. The molecule has 1 atom stereocenters. The molecule has 7 heteroatoms. The second-order valence-electron chi connectivity index (χ2n) is 5.01. The van der Waals surface area contributed by atoms with Crippen molar-refractivity contribution in [3.05, 3.63) is 42.7 Å². The number of carbonyl (C=O) groups is 2. The van der Waals surface area contributed by atoms with Gasteiger partial charge in [-0.1, -0.05) is 0 Å². The minimum atomic E-state index is -0.707. The molecule has 0 fully saturated rings. The molecule has 23 heavy (non-hydrogen) atoms. The molecule has 1 heterocycles. The van der Waals surface area contributed by atoms with Crippen molar-refractivity contribution in [2.45, 2.75) is 26.4 Å². The summed E-state index contributed by atoms with van der Waals surface area (Å²) in [5.41, 5.74) is 0.535. The van der Waals surface area contributed by atoms with Crippen molar-refractivity contribution in [3.63, 3.8) is 0 Å². The third-order valence-electron chi connectivity index (χ3n) is 3.03. The van der Waals surface area contributed by atoms with Crippen LogP contribution in [0, 0.1) is 0 Å². The van der Waals surface area contributed by atoms with Gasteiger partial charge in [0, 0.05) is 24.1 Å². The normalized spacial score (nSPS) is 11.6. The summed E-state index contributed by atoms with van der Waals surface area (Å²) in [5.74, 6) is -0.678. The molecule has 0 aliphatic rings. The van der Waals surface area contributed by atoms with E-state index in [4.69, 9.17) is 4.74 Å². The highest BCUT2D eigenvalue weighted by Crippen LogP contribution is 2.15. The molecule has 2 aromatic rings. The molecule has 0 aliphatic heterocycles. The maximum Gasteiger partial charge on any atom is 0.313 e. The standard InChI is InChI=1S/C16H20N4O3/c1-3-23-14-7-5-13(6-8-14)19-16(22)15(21)18-12(2)11-20-10-4-9-17-20/h4-10,12H,3,11H2,1-2H3,(H,18,21)(H,19,22)/t12-/m1/s1. The number of nitrogens with zero attached hydrogens (tertiary/aromatic N) is 2. The van der Waals surface area contributed by atoms with E-state index in [0.717, 1.165) is 0 Å². The Kier molecular flexibility index (Phi) is 5.74. The van der Waals surface area contributed by atoms with Gasteiger partial charge in [0.15, 0.2) is 0 Å². The Balaban J connectivity index is 1.83. The van der Waals surface area contributed by atoms with Crippen molar-refractivity contribution in [1.82, 2.24) is 15.1 Å². The maximum atomic E-state index is 11.9. The number of nitrogens with one attached hydrogen (secondary N) is 2. The van der Waals surface area contributed by atoms with E-state index in [1.807, 2.05) is 13.8 Å². The van der Waals surface area contributed by atoms with Crippen LogP contribution in [0.5, 0.6) is 5.75 Å². The first-order valence-corrected chi connectivity index (χ1v) is 7.40. The predicted molar refractivity (Wildman–Crippen MR) is 86.1 cm³/mol. The maximum absolute atomic E-state index is 11.9. The molecule has 2 N–H and O–H groups in total. The van der Waals surface area contributed by atoms with Crippen molar-refractivity contribution < 1.29 is 14.3 Å². The summed E-state index contributed by atoms with van der Waals surface area (Å²) in [7, 11) is 0. The van der Waals surface area contributed by atoms with Gasteiger partial charge >= 0.3 is 11.8 Å². The molecular weight excluding hydrogens is 296 g/mol. The fourth-order valence-corrected chi connectivity index (χ4v) is 2.01. The molecule has 2 rings (SSSR count). The average molecular weight is 316 g/mol. The summed E-state index contributed by atoms with van der Waals surface area (Å²) >= 11 is 0. The van der Waals surface area contributed by atoms with Gasteiger partial charge in [-0.2, -0.15) is 5.10 Å². The molecule has 7 nitrogen and oxygen atoms in total. The van der Waals surface area contributed by atoms with Crippen molar-refractivity contribution in [2.24, 2.45) is 0 Å². The minimum absolute atomic E-state index is 0.214. The van der Waals surface area contributed by atoms with Gasteiger partial charge in [-0.3, -0.25) is 14.3 Å². The molecule has 1 aromatic heterocycles. The highest BCUT2D eigenvalue weighted by atomic mass is 16.5. The first-order valence-electron chi connectivity index (χ1n) is 7.40. The Labute approximate surface area is 134 Å². The van der Waals surface area contributed by atoms with Crippen molar-refractivity contribution in [3.8, 4) is 5.75 Å². The number of hydrogen-bond acceptors (Lipinski definition) is 4. The number of anilines is 1. The zero-order chi connectivity index (χ0) is 16.7. The first kappa shape index (κ1) is 16.5. The molecular formula is C16H20N4O3. The fourth-order valence-electron chi connectivity index (χ4n) is 2.01. The van der Waals surface area contributed by atoms with E-state index in [1.165, 1.54) is 0 Å². The van der Waals surface area contributed by atoms with E-state index in [1.54, 1.807) is 47.4 Å². The number of benzene rings is 1. The third-order valence-corrected chi connectivity index (χ3v) is 3.03. The second-order valence-corrected chi connectivity index (χ2v) is 5.01. The number of hydrogen-bond donors (Lipinski definition) is 2. The average Bonchev–Trinajstić information content (AvgIpc) is 3.02. The van der Waals surface area contributed by atoms with Crippen LogP contribution in [-0.2, 0) is 16.1 Å². The van der Waals surface area contributed by atoms with E-state index in [0.29, 0.717) is 24.6 Å². The Morgan fingerprint density at radius 2 is 2.00 bits per heavy atom. The largest absolute Gasteiger partial charge is 0.494 e. The van der Waals surface area contributed by atoms with Crippen LogP contribution < -0.4 is 15.4 Å². The van der Waals surface area contributed by atoms with Gasteiger partial charge in [0.25, 0.3) is 0 Å². The van der Waals surface area contributed by atoms with E-state index in [-0.39, 0.29) is 6.04 Å². The van der Waals surface area contributed by atoms with Gasteiger partial charge in [0.1, 0.15) is 5.75 Å². The molecule has 0 saturated heterocycles. The van der Waals surface area contributed by atoms with Crippen molar-refractivity contribution >= 4 is 17.5 Å². The monoisotopic (exact) mass is 316 g/mol. The van der Waals surface area contributed by atoms with Crippen LogP contribution in [0.2, 0.25) is 0 Å². The quantitative estimate of drug-likeness (QED) is 0.789. The lowest BCUT2D eigenvalue weighted by Crippen LogP contribution is -2.42. The Hall–Kier alpha value is -2.83. The molecule has 0 saturated carbocycles. The lowest BCUT2D eigenvalue weighted by atomic mass is 10.3. The molecule has 1 aromatic carbocycles. The van der Waals surface area contributed by atoms with Crippen LogP contribution in [0.4, 0.5) is 5.69 Å². The number of rotatable bonds is 6. The number of amides is 2. The summed E-state index contributed by atoms with van der Waals surface area (Å²) in [6.07, 6.45) is 3.45. The zero-order valence-electron chi connectivity index (χ0n) is 13.2. The van der Waals surface area contributed by atoms with Gasteiger partial charge in [-0.15, -0.1) is 0 Å².